The molecule has 2 N–H and O–H groups in total. The summed E-state index contributed by atoms with van der Waals surface area (Å²) in [6.45, 7) is 6.43. The third-order valence-corrected chi connectivity index (χ3v) is 3.62. The molecule has 0 aromatic carbocycles. The summed E-state index contributed by atoms with van der Waals surface area (Å²) in [6.07, 6.45) is 4.50. The van der Waals surface area contributed by atoms with E-state index in [1.54, 1.807) is 0 Å². The second-order valence-electron chi connectivity index (χ2n) is 5.56. The molecule has 0 amide bonds. The van der Waals surface area contributed by atoms with E-state index in [0.717, 1.165) is 37.2 Å². The third kappa shape index (κ3) is 3.03. The average molecular weight is 233 g/mol. The lowest BCUT2D eigenvalue weighted by atomic mass is 9.86. The second-order valence-corrected chi connectivity index (χ2v) is 5.56. The first-order valence-electron chi connectivity index (χ1n) is 6.67. The van der Waals surface area contributed by atoms with Crippen LogP contribution in [0.15, 0.2) is 6.07 Å². The van der Waals surface area contributed by atoms with E-state index in [-0.39, 0.29) is 0 Å². The van der Waals surface area contributed by atoms with Crippen LogP contribution in [0.4, 0.5) is 0 Å². The zero-order chi connectivity index (χ0) is 12.4. The van der Waals surface area contributed by atoms with Gasteiger partial charge in [-0.25, -0.2) is 9.97 Å². The molecule has 0 radical (unpaired) electrons. The van der Waals surface area contributed by atoms with Gasteiger partial charge in [-0.2, -0.15) is 0 Å². The summed E-state index contributed by atoms with van der Waals surface area (Å²) in [6, 6.07) is 2.49. The first-order chi connectivity index (χ1) is 8.06. The van der Waals surface area contributed by atoms with Gasteiger partial charge in [-0.3, -0.25) is 0 Å². The van der Waals surface area contributed by atoms with Gasteiger partial charge < -0.3 is 5.73 Å². The minimum Gasteiger partial charge on any atom is -0.328 e. The molecule has 0 saturated heterocycles. The van der Waals surface area contributed by atoms with Crippen LogP contribution >= 0.6 is 0 Å². The van der Waals surface area contributed by atoms with Gasteiger partial charge in [0.25, 0.3) is 0 Å². The Labute approximate surface area is 104 Å². The van der Waals surface area contributed by atoms with E-state index in [2.05, 4.69) is 31.8 Å². The van der Waals surface area contributed by atoms with E-state index in [9.17, 15) is 0 Å². The lowest BCUT2D eigenvalue weighted by Gasteiger charge is -2.25. The van der Waals surface area contributed by atoms with Crippen molar-refractivity contribution in [2.24, 2.45) is 5.73 Å². The summed E-state index contributed by atoms with van der Waals surface area (Å²) < 4.78 is 0. The molecule has 3 heteroatoms. The molecule has 17 heavy (non-hydrogen) atoms. The zero-order valence-electron chi connectivity index (χ0n) is 11.1. The maximum atomic E-state index is 5.94. The van der Waals surface area contributed by atoms with Crippen LogP contribution in [0, 0.1) is 6.92 Å². The van der Waals surface area contributed by atoms with Gasteiger partial charge in [0.15, 0.2) is 0 Å². The van der Waals surface area contributed by atoms with Crippen molar-refractivity contribution in [1.29, 1.82) is 0 Å². The Morgan fingerprint density at radius 1 is 1.18 bits per heavy atom. The Morgan fingerprint density at radius 2 is 1.82 bits per heavy atom. The van der Waals surface area contributed by atoms with Crippen LogP contribution in [0.3, 0.4) is 0 Å². The minimum absolute atomic E-state index is 0.389. The lowest BCUT2D eigenvalue weighted by Crippen LogP contribution is -2.26. The molecule has 2 rings (SSSR count). The van der Waals surface area contributed by atoms with Crippen molar-refractivity contribution in [3.05, 3.63) is 23.3 Å². The Morgan fingerprint density at radius 3 is 2.41 bits per heavy atom. The molecule has 1 aliphatic rings. The minimum atomic E-state index is 0.389. The highest BCUT2D eigenvalue weighted by molar-refractivity contribution is 5.15. The van der Waals surface area contributed by atoms with Gasteiger partial charge in [-0.05, 0) is 44.6 Å². The van der Waals surface area contributed by atoms with E-state index in [1.807, 2.05) is 0 Å². The van der Waals surface area contributed by atoms with E-state index in [0.29, 0.717) is 17.9 Å². The molecule has 1 aliphatic carbocycles. The quantitative estimate of drug-likeness (QED) is 0.854. The molecular formula is C14H23N3. The number of nitrogens with two attached hydrogens (primary N) is 1. The van der Waals surface area contributed by atoms with Crippen molar-refractivity contribution < 1.29 is 0 Å². The van der Waals surface area contributed by atoms with Crippen LogP contribution in [0.25, 0.3) is 0 Å². The van der Waals surface area contributed by atoms with Crippen molar-refractivity contribution in [3.63, 3.8) is 0 Å². The van der Waals surface area contributed by atoms with Crippen molar-refractivity contribution in [2.45, 2.75) is 64.3 Å². The molecule has 1 saturated carbocycles. The largest absolute Gasteiger partial charge is 0.328 e. The first-order valence-corrected chi connectivity index (χ1v) is 6.67. The van der Waals surface area contributed by atoms with Gasteiger partial charge >= 0.3 is 0 Å². The molecule has 1 aromatic rings. The van der Waals surface area contributed by atoms with E-state index in [1.165, 1.54) is 5.69 Å². The molecule has 0 aliphatic heterocycles. The highest BCUT2D eigenvalue weighted by Crippen LogP contribution is 2.30. The topological polar surface area (TPSA) is 51.8 Å². The number of rotatable bonds is 2. The SMILES string of the molecule is Cc1cc(C(C)C)nc(C2CCC(N)CC2)n1. The Balaban J connectivity index is 2.20. The first kappa shape index (κ1) is 12.5. The average Bonchev–Trinajstić information content (AvgIpc) is 2.29. The van der Waals surface area contributed by atoms with Crippen LogP contribution in [0.5, 0.6) is 0 Å². The smallest absolute Gasteiger partial charge is 0.131 e. The Hall–Kier alpha value is -0.960. The van der Waals surface area contributed by atoms with Gasteiger partial charge in [0.05, 0.1) is 0 Å². The Bertz CT molecular complexity index is 379. The van der Waals surface area contributed by atoms with E-state index >= 15 is 0 Å². The molecule has 94 valence electrons. The molecule has 1 fully saturated rings. The lowest BCUT2D eigenvalue weighted by molar-refractivity contribution is 0.383. The number of aromatic nitrogens is 2. The summed E-state index contributed by atoms with van der Waals surface area (Å²) in [7, 11) is 0. The number of aryl methyl sites for hydroxylation is 1. The van der Waals surface area contributed by atoms with Crippen LogP contribution in [0.2, 0.25) is 0 Å². The van der Waals surface area contributed by atoms with Crippen LogP contribution in [-0.4, -0.2) is 16.0 Å². The normalized spacial score (nSPS) is 25.2. The van der Waals surface area contributed by atoms with Gasteiger partial charge in [0.1, 0.15) is 5.82 Å². The van der Waals surface area contributed by atoms with Crippen molar-refractivity contribution in [2.75, 3.05) is 0 Å². The van der Waals surface area contributed by atoms with Gasteiger partial charge in [-0.15, -0.1) is 0 Å². The monoisotopic (exact) mass is 233 g/mol. The molecule has 1 heterocycles. The number of hydrogen-bond donors (Lipinski definition) is 1. The summed E-state index contributed by atoms with van der Waals surface area (Å²) in [4.78, 5) is 9.34. The molecule has 3 nitrogen and oxygen atoms in total. The van der Waals surface area contributed by atoms with Crippen molar-refractivity contribution in [3.8, 4) is 0 Å². The summed E-state index contributed by atoms with van der Waals surface area (Å²) >= 11 is 0. The maximum absolute atomic E-state index is 5.94. The molecule has 0 bridgehead atoms. The van der Waals surface area contributed by atoms with Gasteiger partial charge in [0, 0.05) is 23.3 Å². The fraction of sp³-hybridized carbons (Fsp3) is 0.714. The maximum Gasteiger partial charge on any atom is 0.131 e. The summed E-state index contributed by atoms with van der Waals surface area (Å²) in [5.41, 5.74) is 8.20. The second kappa shape index (κ2) is 5.13. The highest BCUT2D eigenvalue weighted by Gasteiger charge is 2.22. The van der Waals surface area contributed by atoms with Gasteiger partial charge in [-0.1, -0.05) is 13.8 Å². The highest BCUT2D eigenvalue weighted by atomic mass is 14.9. The molecule has 0 spiro atoms. The zero-order valence-corrected chi connectivity index (χ0v) is 11.1. The molecule has 0 unspecified atom stereocenters. The summed E-state index contributed by atoms with van der Waals surface area (Å²) in [5, 5.41) is 0. The van der Waals surface area contributed by atoms with Crippen LogP contribution < -0.4 is 5.73 Å². The molecule has 1 aromatic heterocycles. The van der Waals surface area contributed by atoms with Crippen LogP contribution in [-0.2, 0) is 0 Å². The standard InChI is InChI=1S/C14H23N3/c1-9(2)13-8-10(3)16-14(17-13)11-4-6-12(15)7-5-11/h8-9,11-12H,4-7,15H2,1-3H3. The van der Waals surface area contributed by atoms with Gasteiger partial charge in [0.2, 0.25) is 0 Å². The van der Waals surface area contributed by atoms with E-state index in [4.69, 9.17) is 10.7 Å². The third-order valence-electron chi connectivity index (χ3n) is 3.62. The number of hydrogen-bond acceptors (Lipinski definition) is 3. The van der Waals surface area contributed by atoms with E-state index < -0.39 is 0 Å². The Kier molecular flexibility index (Phi) is 3.77. The fourth-order valence-corrected chi connectivity index (χ4v) is 2.47. The predicted octanol–water partition coefficient (Wildman–Crippen LogP) is 2.89. The summed E-state index contributed by atoms with van der Waals surface area (Å²) in [5.74, 6) is 2.04. The molecular weight excluding hydrogens is 210 g/mol. The predicted molar refractivity (Wildman–Crippen MR) is 70.0 cm³/mol. The van der Waals surface area contributed by atoms with Crippen molar-refractivity contribution >= 4 is 0 Å². The fourth-order valence-electron chi connectivity index (χ4n) is 2.47. The van der Waals surface area contributed by atoms with Crippen molar-refractivity contribution in [1.82, 2.24) is 9.97 Å². The van der Waals surface area contributed by atoms with Crippen LogP contribution in [0.1, 0.15) is 68.6 Å². The number of nitrogens with zero attached hydrogens (tertiary/aromatic N) is 2. The molecule has 0 atom stereocenters.